The monoisotopic (exact) mass is 568 g/mol. The Bertz CT molecular complexity index is 1740. The summed E-state index contributed by atoms with van der Waals surface area (Å²) in [6.45, 7) is 12.3. The quantitative estimate of drug-likeness (QED) is 0.221. The maximum absolute atomic E-state index is 13.1. The Morgan fingerprint density at radius 3 is 2.67 bits per heavy atom. The van der Waals surface area contributed by atoms with Crippen LogP contribution in [0.15, 0.2) is 41.2 Å². The van der Waals surface area contributed by atoms with Crippen molar-refractivity contribution in [1.29, 1.82) is 0 Å². The van der Waals surface area contributed by atoms with Crippen LogP contribution >= 0.6 is 0 Å². The summed E-state index contributed by atoms with van der Waals surface area (Å²) in [5.41, 5.74) is 7.78. The van der Waals surface area contributed by atoms with E-state index >= 15 is 0 Å². The zero-order chi connectivity index (χ0) is 28.9. The third-order valence-corrected chi connectivity index (χ3v) is 7.80. The Kier molecular flexibility index (Phi) is 7.74. The molecule has 4 heterocycles. The lowest BCUT2D eigenvalue weighted by molar-refractivity contribution is 0.0890. The maximum Gasteiger partial charge on any atom is 0.315 e. The zero-order valence-corrected chi connectivity index (χ0v) is 24.4. The molecule has 1 aromatic carbocycles. The van der Waals surface area contributed by atoms with Gasteiger partial charge in [-0.2, -0.15) is 10.1 Å². The van der Waals surface area contributed by atoms with Crippen LogP contribution < -0.4 is 5.32 Å². The van der Waals surface area contributed by atoms with Crippen LogP contribution in [0.3, 0.4) is 0 Å². The number of aromatic amines is 1. The van der Waals surface area contributed by atoms with Gasteiger partial charge in [0.05, 0.1) is 23.3 Å². The number of aromatic nitrogens is 7. The highest BCUT2D eigenvalue weighted by atomic mass is 16.5. The third kappa shape index (κ3) is 5.33. The van der Waals surface area contributed by atoms with E-state index in [-0.39, 0.29) is 36.7 Å². The molecule has 1 atom stereocenters. The van der Waals surface area contributed by atoms with E-state index in [0.29, 0.717) is 11.5 Å². The van der Waals surface area contributed by atoms with Crippen molar-refractivity contribution in [2.45, 2.75) is 92.2 Å². The molecule has 0 saturated heterocycles. The highest BCUT2D eigenvalue weighted by Crippen LogP contribution is 2.35. The summed E-state index contributed by atoms with van der Waals surface area (Å²) in [5, 5.41) is 11.7. The number of carbonyl (C=O) groups excluding carboxylic acids is 1. The largest absolute Gasteiger partial charge is 0.341 e. The van der Waals surface area contributed by atoms with Gasteiger partial charge in [-0.15, -0.1) is 0 Å². The lowest BCUT2D eigenvalue weighted by atomic mass is 9.94. The lowest BCUT2D eigenvalue weighted by Gasteiger charge is -2.19. The Hall–Kier alpha value is -4.34. The number of H-pyrrole nitrogens is 1. The first-order chi connectivity index (χ1) is 19.6. The summed E-state index contributed by atoms with van der Waals surface area (Å²) in [6, 6.07) is 8.65. The number of hydrogen-bond donors (Lipinski definition) is 2. The van der Waals surface area contributed by atoms with Crippen molar-refractivity contribution in [3.8, 4) is 22.5 Å². The van der Waals surface area contributed by atoms with E-state index in [4.69, 9.17) is 9.51 Å². The first-order valence-electron chi connectivity index (χ1n) is 14.3. The number of benzene rings is 1. The Labute approximate surface area is 246 Å². The van der Waals surface area contributed by atoms with Gasteiger partial charge in [0.15, 0.2) is 11.5 Å². The van der Waals surface area contributed by atoms with Gasteiger partial charge in [-0.05, 0) is 62.8 Å². The number of fused-ring (bicyclic) bond motifs is 2. The van der Waals surface area contributed by atoms with Crippen molar-refractivity contribution >= 4 is 17.1 Å². The Balaban J connectivity index is 0.00000353. The number of nitrogens with zero attached hydrogens (tertiary/aromatic N) is 6. The van der Waals surface area contributed by atoms with Crippen molar-refractivity contribution < 1.29 is 9.32 Å². The van der Waals surface area contributed by atoms with E-state index in [1.54, 1.807) is 6.20 Å². The van der Waals surface area contributed by atoms with Crippen LogP contribution in [0.1, 0.15) is 107 Å². The second-order valence-corrected chi connectivity index (χ2v) is 12.2. The molecule has 42 heavy (non-hydrogen) atoms. The zero-order valence-electron chi connectivity index (χ0n) is 24.4. The fraction of sp³-hybridized carbons (Fsp3) is 0.438. The van der Waals surface area contributed by atoms with E-state index in [2.05, 4.69) is 69.5 Å². The topological polar surface area (TPSA) is 127 Å². The van der Waals surface area contributed by atoms with Crippen LogP contribution in [0.2, 0.25) is 0 Å². The molecular weight excluding hydrogens is 528 g/mol. The number of imidazole rings is 1. The van der Waals surface area contributed by atoms with Crippen molar-refractivity contribution in [3.05, 3.63) is 65.2 Å². The van der Waals surface area contributed by atoms with E-state index in [1.807, 2.05) is 37.7 Å². The van der Waals surface area contributed by atoms with Gasteiger partial charge in [0.2, 0.25) is 0 Å². The van der Waals surface area contributed by atoms with Gasteiger partial charge in [0, 0.05) is 28.9 Å². The summed E-state index contributed by atoms with van der Waals surface area (Å²) in [5.74, 6) is 0.938. The van der Waals surface area contributed by atoms with Gasteiger partial charge in [0.25, 0.3) is 0 Å². The standard InChI is InChI=1S/C31H36N8O2.CH4/c1-17(2)39-18(3)23(16-33-39)26-35-25-22(13-14-32-27(25)36-26)20-11-12-21-19(15-20)9-7-8-10-24(21)34-28(40)29-37-30(38-41-29)31(4,5)6;/h11-17,24H,7-10H2,1-6H3,(H,34,40)(H,32,35,36);1H4/t24-;/m1./s1. The number of hydrogen-bond acceptors (Lipinski definition) is 7. The smallest absolute Gasteiger partial charge is 0.315 e. The predicted molar refractivity (Wildman–Crippen MR) is 163 cm³/mol. The minimum absolute atomic E-state index is 0. The summed E-state index contributed by atoms with van der Waals surface area (Å²) in [7, 11) is 0. The molecular formula is C32H40N8O2. The van der Waals surface area contributed by atoms with Crippen molar-refractivity contribution in [1.82, 2.24) is 40.2 Å². The molecule has 1 aliphatic carbocycles. The van der Waals surface area contributed by atoms with Crippen LogP contribution in [0.5, 0.6) is 0 Å². The summed E-state index contributed by atoms with van der Waals surface area (Å²) < 4.78 is 7.29. The first kappa shape index (κ1) is 29.2. The third-order valence-electron chi connectivity index (χ3n) is 7.80. The van der Waals surface area contributed by atoms with Crippen LogP contribution in [0.4, 0.5) is 0 Å². The molecule has 1 amide bonds. The minimum Gasteiger partial charge on any atom is -0.341 e. The molecule has 0 aliphatic heterocycles. The lowest BCUT2D eigenvalue weighted by Crippen LogP contribution is -2.29. The highest BCUT2D eigenvalue weighted by molar-refractivity contribution is 5.92. The first-order valence-corrected chi connectivity index (χ1v) is 14.3. The van der Waals surface area contributed by atoms with Crippen molar-refractivity contribution in [2.75, 3.05) is 0 Å². The molecule has 0 radical (unpaired) electrons. The second kappa shape index (κ2) is 11.2. The molecule has 6 rings (SSSR count). The van der Waals surface area contributed by atoms with E-state index in [0.717, 1.165) is 65.0 Å². The molecule has 10 heteroatoms. The van der Waals surface area contributed by atoms with Gasteiger partial charge in [-0.3, -0.25) is 9.48 Å². The number of aryl methyl sites for hydroxylation is 1. The van der Waals surface area contributed by atoms with Gasteiger partial charge >= 0.3 is 11.8 Å². The fourth-order valence-electron chi connectivity index (χ4n) is 5.60. The number of carbonyl (C=O) groups is 1. The van der Waals surface area contributed by atoms with Crippen LogP contribution in [0, 0.1) is 6.92 Å². The van der Waals surface area contributed by atoms with Crippen LogP contribution in [0.25, 0.3) is 33.7 Å². The molecule has 220 valence electrons. The van der Waals surface area contributed by atoms with E-state index < -0.39 is 0 Å². The molecule has 2 N–H and O–H groups in total. The van der Waals surface area contributed by atoms with Crippen molar-refractivity contribution in [2.24, 2.45) is 0 Å². The summed E-state index contributed by atoms with van der Waals surface area (Å²) in [6.07, 6.45) is 7.53. The molecule has 4 aromatic heterocycles. The number of pyridine rings is 1. The molecule has 0 saturated carbocycles. The minimum atomic E-state index is -0.341. The molecule has 10 nitrogen and oxygen atoms in total. The molecule has 5 aromatic rings. The molecule has 0 spiro atoms. The van der Waals surface area contributed by atoms with Gasteiger partial charge < -0.3 is 14.8 Å². The highest BCUT2D eigenvalue weighted by Gasteiger charge is 2.27. The fourth-order valence-corrected chi connectivity index (χ4v) is 5.60. The molecule has 0 unspecified atom stereocenters. The Morgan fingerprint density at radius 1 is 1.14 bits per heavy atom. The normalized spacial score (nSPS) is 15.4. The SMILES string of the molecule is C.Cc1c(-c2nc3nccc(-c4ccc5c(c4)CCCC[C@H]5NC(=O)c4nc(C(C)(C)C)no4)c3[nH]2)cnn1C(C)C. The Morgan fingerprint density at radius 2 is 1.95 bits per heavy atom. The number of nitrogens with one attached hydrogen (secondary N) is 2. The van der Waals surface area contributed by atoms with Gasteiger partial charge in [0.1, 0.15) is 5.82 Å². The van der Waals surface area contributed by atoms with Crippen LogP contribution in [-0.4, -0.2) is 40.8 Å². The van der Waals surface area contributed by atoms with Crippen LogP contribution in [-0.2, 0) is 11.8 Å². The average molecular weight is 569 g/mol. The summed E-state index contributed by atoms with van der Waals surface area (Å²) in [4.78, 5) is 30.3. The number of amides is 1. The van der Waals surface area contributed by atoms with Gasteiger partial charge in [-0.1, -0.05) is 58.0 Å². The summed E-state index contributed by atoms with van der Waals surface area (Å²) >= 11 is 0. The maximum atomic E-state index is 13.1. The molecule has 0 fully saturated rings. The molecule has 1 aliphatic rings. The second-order valence-electron chi connectivity index (χ2n) is 12.2. The number of rotatable bonds is 5. The van der Waals surface area contributed by atoms with E-state index in [1.165, 1.54) is 5.56 Å². The molecule has 0 bridgehead atoms. The average Bonchev–Trinajstić information content (AvgIpc) is 3.65. The van der Waals surface area contributed by atoms with Gasteiger partial charge in [-0.25, -0.2) is 9.97 Å². The van der Waals surface area contributed by atoms with Crippen molar-refractivity contribution in [3.63, 3.8) is 0 Å². The van der Waals surface area contributed by atoms with E-state index in [9.17, 15) is 4.79 Å². The predicted octanol–water partition coefficient (Wildman–Crippen LogP) is 6.89.